The maximum atomic E-state index is 11.8. The van der Waals surface area contributed by atoms with Gasteiger partial charge in [0, 0.05) is 12.7 Å². The van der Waals surface area contributed by atoms with Crippen molar-refractivity contribution >= 4 is 11.6 Å². The van der Waals surface area contributed by atoms with E-state index in [0.29, 0.717) is 0 Å². The average Bonchev–Trinajstić information content (AvgIpc) is 2.32. The third-order valence-electron chi connectivity index (χ3n) is 2.97. The van der Waals surface area contributed by atoms with Crippen molar-refractivity contribution in [1.82, 2.24) is 0 Å². The molecule has 3 heteroatoms. The van der Waals surface area contributed by atoms with E-state index in [0.717, 1.165) is 18.5 Å². The predicted molar refractivity (Wildman–Crippen MR) is 60.9 cm³/mol. The molecule has 0 radical (unpaired) electrons. The van der Waals surface area contributed by atoms with Crippen LogP contribution in [0.2, 0.25) is 0 Å². The monoisotopic (exact) mass is 204 g/mol. The highest BCUT2D eigenvalue weighted by Crippen LogP contribution is 2.26. The fraction of sp³-hybridized carbons (Fsp3) is 0.417. The zero-order valence-corrected chi connectivity index (χ0v) is 9.16. The Morgan fingerprint density at radius 3 is 2.93 bits per heavy atom. The van der Waals surface area contributed by atoms with E-state index in [1.165, 1.54) is 11.1 Å². The maximum absolute atomic E-state index is 11.8. The van der Waals surface area contributed by atoms with E-state index < -0.39 is 0 Å². The lowest BCUT2D eigenvalue weighted by Crippen LogP contribution is -2.40. The van der Waals surface area contributed by atoms with Gasteiger partial charge in [0.15, 0.2) is 0 Å². The highest BCUT2D eigenvalue weighted by atomic mass is 16.2. The van der Waals surface area contributed by atoms with Crippen LogP contribution in [-0.2, 0) is 11.2 Å². The van der Waals surface area contributed by atoms with Crippen LogP contribution in [0.1, 0.15) is 17.5 Å². The Morgan fingerprint density at radius 1 is 1.47 bits per heavy atom. The molecule has 0 fully saturated rings. The van der Waals surface area contributed by atoms with Crippen LogP contribution in [0.4, 0.5) is 5.69 Å². The van der Waals surface area contributed by atoms with Crippen molar-refractivity contribution in [1.29, 1.82) is 0 Å². The summed E-state index contributed by atoms with van der Waals surface area (Å²) in [4.78, 5) is 13.5. The Hall–Kier alpha value is -1.35. The molecule has 15 heavy (non-hydrogen) atoms. The Kier molecular flexibility index (Phi) is 2.49. The van der Waals surface area contributed by atoms with E-state index >= 15 is 0 Å². The first-order chi connectivity index (χ1) is 7.09. The fourth-order valence-electron chi connectivity index (χ4n) is 2.04. The molecule has 1 aliphatic heterocycles. The number of anilines is 1. The third-order valence-corrected chi connectivity index (χ3v) is 2.97. The molecule has 2 rings (SSSR count). The van der Waals surface area contributed by atoms with Crippen LogP contribution in [-0.4, -0.2) is 19.0 Å². The molecule has 0 unspecified atom stereocenters. The number of amides is 1. The van der Waals surface area contributed by atoms with Gasteiger partial charge in [0.05, 0.1) is 6.04 Å². The van der Waals surface area contributed by atoms with Gasteiger partial charge in [-0.15, -0.1) is 0 Å². The minimum absolute atomic E-state index is 0.0117. The molecule has 1 aliphatic rings. The molecular weight excluding hydrogens is 188 g/mol. The summed E-state index contributed by atoms with van der Waals surface area (Å²) in [5, 5.41) is 0. The van der Waals surface area contributed by atoms with Crippen LogP contribution in [0, 0.1) is 6.92 Å². The molecule has 1 atom stereocenters. The smallest absolute Gasteiger partial charge is 0.243 e. The van der Waals surface area contributed by atoms with Gasteiger partial charge in [-0.1, -0.05) is 17.7 Å². The van der Waals surface area contributed by atoms with Gasteiger partial charge < -0.3 is 10.6 Å². The molecule has 0 saturated carbocycles. The number of hydrogen-bond acceptors (Lipinski definition) is 2. The molecule has 1 aromatic carbocycles. The van der Waals surface area contributed by atoms with Gasteiger partial charge in [-0.2, -0.15) is 0 Å². The maximum Gasteiger partial charge on any atom is 0.243 e. The molecule has 2 N–H and O–H groups in total. The number of rotatable bonds is 0. The van der Waals surface area contributed by atoms with Crippen LogP contribution < -0.4 is 10.6 Å². The van der Waals surface area contributed by atoms with E-state index in [-0.39, 0.29) is 11.9 Å². The largest absolute Gasteiger partial charge is 0.320 e. The molecule has 0 saturated heterocycles. The van der Waals surface area contributed by atoms with Crippen LogP contribution in [0.15, 0.2) is 18.2 Å². The fourth-order valence-corrected chi connectivity index (χ4v) is 2.04. The van der Waals surface area contributed by atoms with Crippen molar-refractivity contribution in [2.24, 2.45) is 5.73 Å². The molecule has 1 amide bonds. The van der Waals surface area contributed by atoms with Gasteiger partial charge in [0.25, 0.3) is 0 Å². The van der Waals surface area contributed by atoms with E-state index in [9.17, 15) is 4.79 Å². The predicted octanol–water partition coefficient (Wildman–Crippen LogP) is 1.23. The van der Waals surface area contributed by atoms with Crippen LogP contribution in [0.25, 0.3) is 0 Å². The number of benzene rings is 1. The number of nitrogens with two attached hydrogens (primary N) is 1. The van der Waals surface area contributed by atoms with Crippen molar-refractivity contribution in [2.75, 3.05) is 11.9 Å². The first kappa shape index (κ1) is 10.2. The Bertz CT molecular complexity index is 401. The van der Waals surface area contributed by atoms with Crippen molar-refractivity contribution in [3.05, 3.63) is 29.3 Å². The average molecular weight is 204 g/mol. The van der Waals surface area contributed by atoms with E-state index in [2.05, 4.69) is 13.0 Å². The number of nitrogens with zero attached hydrogens (tertiary/aromatic N) is 1. The second-order valence-corrected chi connectivity index (χ2v) is 4.17. The van der Waals surface area contributed by atoms with Crippen molar-refractivity contribution in [3.63, 3.8) is 0 Å². The Morgan fingerprint density at radius 2 is 2.20 bits per heavy atom. The summed E-state index contributed by atoms with van der Waals surface area (Å²) in [7, 11) is 1.79. The molecule has 3 nitrogen and oxygen atoms in total. The first-order valence-electron chi connectivity index (χ1n) is 5.22. The lowest BCUT2D eigenvalue weighted by molar-refractivity contribution is -0.119. The highest BCUT2D eigenvalue weighted by molar-refractivity contribution is 5.98. The van der Waals surface area contributed by atoms with Gasteiger partial charge in [-0.25, -0.2) is 0 Å². The number of likely N-dealkylation sites (N-methyl/N-ethyl adjacent to an activating group) is 1. The van der Waals surface area contributed by atoms with Crippen molar-refractivity contribution in [2.45, 2.75) is 25.8 Å². The normalized spacial score (nSPS) is 21.1. The second-order valence-electron chi connectivity index (χ2n) is 4.17. The van der Waals surface area contributed by atoms with Crippen molar-refractivity contribution < 1.29 is 4.79 Å². The summed E-state index contributed by atoms with van der Waals surface area (Å²) in [5.74, 6) is 0.0117. The van der Waals surface area contributed by atoms with Gasteiger partial charge in [-0.3, -0.25) is 4.79 Å². The van der Waals surface area contributed by atoms with Crippen LogP contribution in [0.3, 0.4) is 0 Å². The van der Waals surface area contributed by atoms with Crippen molar-refractivity contribution in [3.8, 4) is 0 Å². The van der Waals surface area contributed by atoms with Gasteiger partial charge >= 0.3 is 0 Å². The zero-order chi connectivity index (χ0) is 11.0. The third kappa shape index (κ3) is 1.75. The topological polar surface area (TPSA) is 46.3 Å². The SMILES string of the molecule is Cc1ccc2c(c1)CC[C@H](N)C(=O)N2C. The minimum atomic E-state index is -0.359. The molecular formula is C12H16N2O. The summed E-state index contributed by atoms with van der Waals surface area (Å²) in [6, 6.07) is 5.81. The molecule has 0 spiro atoms. The lowest BCUT2D eigenvalue weighted by atomic mass is 10.0. The van der Waals surface area contributed by atoms with E-state index in [1.807, 2.05) is 12.1 Å². The zero-order valence-electron chi connectivity index (χ0n) is 9.16. The summed E-state index contributed by atoms with van der Waals surface area (Å²) in [6.07, 6.45) is 1.62. The number of fused-ring (bicyclic) bond motifs is 1. The number of carbonyl (C=O) groups excluding carboxylic acids is 1. The van der Waals surface area contributed by atoms with E-state index in [1.54, 1.807) is 11.9 Å². The van der Waals surface area contributed by atoms with Crippen LogP contribution in [0.5, 0.6) is 0 Å². The molecule has 80 valence electrons. The summed E-state index contributed by atoms with van der Waals surface area (Å²) < 4.78 is 0. The Labute approximate surface area is 89.9 Å². The van der Waals surface area contributed by atoms with Gasteiger partial charge in [0.1, 0.15) is 0 Å². The molecule has 0 aliphatic carbocycles. The Balaban J connectivity index is 2.47. The number of hydrogen-bond donors (Lipinski definition) is 1. The molecule has 0 bridgehead atoms. The van der Waals surface area contributed by atoms with E-state index in [4.69, 9.17) is 5.73 Å². The quantitative estimate of drug-likeness (QED) is 0.691. The summed E-state index contributed by atoms with van der Waals surface area (Å²) in [5.41, 5.74) is 9.24. The lowest BCUT2D eigenvalue weighted by Gasteiger charge is -2.19. The second kappa shape index (κ2) is 3.66. The van der Waals surface area contributed by atoms with Gasteiger partial charge in [-0.05, 0) is 31.4 Å². The number of aryl methyl sites for hydroxylation is 2. The standard InChI is InChI=1S/C12H16N2O/c1-8-3-6-11-9(7-8)4-5-10(13)12(15)14(11)2/h3,6-7,10H,4-5,13H2,1-2H3/t10-/m0/s1. The summed E-state index contributed by atoms with van der Waals surface area (Å²) >= 11 is 0. The van der Waals surface area contributed by atoms with Crippen LogP contribution >= 0.6 is 0 Å². The number of carbonyl (C=O) groups is 1. The first-order valence-corrected chi connectivity index (χ1v) is 5.22. The van der Waals surface area contributed by atoms with Gasteiger partial charge in [0.2, 0.25) is 5.91 Å². The summed E-state index contributed by atoms with van der Waals surface area (Å²) in [6.45, 7) is 2.06. The molecule has 1 heterocycles. The minimum Gasteiger partial charge on any atom is -0.320 e. The highest BCUT2D eigenvalue weighted by Gasteiger charge is 2.24. The molecule has 0 aromatic heterocycles. The molecule has 1 aromatic rings.